The van der Waals surface area contributed by atoms with Gasteiger partial charge >= 0.3 is 0 Å². The molecule has 3 rings (SSSR count). The highest BCUT2D eigenvalue weighted by Crippen LogP contribution is 2.25. The fraction of sp³-hybridized carbons (Fsp3) is 0.353. The first kappa shape index (κ1) is 16.7. The SMILES string of the molecule is CC(C)c1[nH]nc(C(=O)NCCCn2cnc3ccccc32)c1Br. The minimum Gasteiger partial charge on any atom is -0.351 e. The Hall–Kier alpha value is -2.15. The maximum absolute atomic E-state index is 12.2. The lowest BCUT2D eigenvalue weighted by Gasteiger charge is -2.06. The zero-order valence-corrected chi connectivity index (χ0v) is 15.3. The standard InChI is InChI=1S/C17H20BrN5O/c1-11(2)15-14(18)16(22-21-15)17(24)19-8-5-9-23-10-20-12-6-3-4-7-13(12)23/h3-4,6-7,10-11H,5,8-9H2,1-2H3,(H,19,24)(H,21,22). The topological polar surface area (TPSA) is 75.6 Å². The van der Waals surface area contributed by atoms with Gasteiger partial charge < -0.3 is 9.88 Å². The lowest BCUT2D eigenvalue weighted by molar-refractivity contribution is 0.0947. The van der Waals surface area contributed by atoms with Crippen LogP contribution in [-0.4, -0.2) is 32.2 Å². The number of aryl methyl sites for hydroxylation is 1. The van der Waals surface area contributed by atoms with Crippen LogP contribution in [0.1, 0.15) is 42.4 Å². The Morgan fingerprint density at radius 3 is 2.92 bits per heavy atom. The van der Waals surface area contributed by atoms with E-state index in [0.717, 1.165) is 34.2 Å². The second-order valence-corrected chi connectivity index (χ2v) is 6.78. The summed E-state index contributed by atoms with van der Waals surface area (Å²) in [6.07, 6.45) is 2.66. The first-order chi connectivity index (χ1) is 11.6. The van der Waals surface area contributed by atoms with E-state index in [2.05, 4.69) is 60.9 Å². The number of hydrogen-bond donors (Lipinski definition) is 2. The van der Waals surface area contributed by atoms with Gasteiger partial charge in [0, 0.05) is 13.1 Å². The number of hydrogen-bond acceptors (Lipinski definition) is 3. The molecule has 0 aliphatic rings. The number of H-pyrrole nitrogens is 1. The molecule has 0 aliphatic heterocycles. The molecule has 0 aliphatic carbocycles. The molecule has 0 fully saturated rings. The molecule has 0 spiro atoms. The maximum atomic E-state index is 12.2. The van der Waals surface area contributed by atoms with Crippen LogP contribution < -0.4 is 5.32 Å². The number of para-hydroxylation sites is 2. The molecule has 0 bridgehead atoms. The summed E-state index contributed by atoms with van der Waals surface area (Å²) >= 11 is 3.45. The number of aromatic nitrogens is 4. The molecule has 3 aromatic rings. The molecule has 2 N–H and O–H groups in total. The lowest BCUT2D eigenvalue weighted by atomic mass is 10.1. The van der Waals surface area contributed by atoms with Crippen LogP contribution in [0.25, 0.3) is 11.0 Å². The summed E-state index contributed by atoms with van der Waals surface area (Å²) in [5.41, 5.74) is 3.44. The number of halogens is 1. The smallest absolute Gasteiger partial charge is 0.272 e. The summed E-state index contributed by atoms with van der Waals surface area (Å²) in [6, 6.07) is 8.03. The average Bonchev–Trinajstić information content (AvgIpc) is 3.15. The second-order valence-electron chi connectivity index (χ2n) is 5.99. The van der Waals surface area contributed by atoms with Gasteiger partial charge in [0.15, 0.2) is 5.69 Å². The van der Waals surface area contributed by atoms with Crippen molar-refractivity contribution in [3.8, 4) is 0 Å². The van der Waals surface area contributed by atoms with E-state index < -0.39 is 0 Å². The van der Waals surface area contributed by atoms with Crippen molar-refractivity contribution in [3.63, 3.8) is 0 Å². The summed E-state index contributed by atoms with van der Waals surface area (Å²) in [6.45, 7) is 5.49. The van der Waals surface area contributed by atoms with E-state index in [0.29, 0.717) is 12.2 Å². The van der Waals surface area contributed by atoms with Gasteiger partial charge in [-0.25, -0.2) is 4.98 Å². The quantitative estimate of drug-likeness (QED) is 0.633. The molecule has 6 nitrogen and oxygen atoms in total. The number of nitrogens with one attached hydrogen (secondary N) is 2. The summed E-state index contributed by atoms with van der Waals surface area (Å²) in [5, 5.41) is 9.94. The van der Waals surface area contributed by atoms with Gasteiger partial charge in [-0.3, -0.25) is 9.89 Å². The van der Waals surface area contributed by atoms with E-state index in [1.165, 1.54) is 0 Å². The highest BCUT2D eigenvalue weighted by Gasteiger charge is 2.18. The zero-order valence-electron chi connectivity index (χ0n) is 13.7. The number of carbonyl (C=O) groups excluding carboxylic acids is 1. The largest absolute Gasteiger partial charge is 0.351 e. The van der Waals surface area contributed by atoms with Gasteiger partial charge in [-0.2, -0.15) is 5.10 Å². The predicted molar refractivity (Wildman–Crippen MR) is 97.1 cm³/mol. The van der Waals surface area contributed by atoms with Gasteiger partial charge in [-0.1, -0.05) is 26.0 Å². The van der Waals surface area contributed by atoms with Crippen molar-refractivity contribution >= 4 is 32.9 Å². The van der Waals surface area contributed by atoms with Gasteiger partial charge in [-0.15, -0.1) is 0 Å². The number of aromatic amines is 1. The Balaban J connectivity index is 1.54. The van der Waals surface area contributed by atoms with E-state index in [9.17, 15) is 4.79 Å². The van der Waals surface area contributed by atoms with Gasteiger partial charge in [-0.05, 0) is 40.4 Å². The minimum absolute atomic E-state index is 0.166. The van der Waals surface area contributed by atoms with Crippen molar-refractivity contribution in [2.24, 2.45) is 0 Å². The van der Waals surface area contributed by atoms with Crippen molar-refractivity contribution in [1.29, 1.82) is 0 Å². The van der Waals surface area contributed by atoms with Gasteiger partial charge in [0.2, 0.25) is 0 Å². The summed E-state index contributed by atoms with van der Waals surface area (Å²) < 4.78 is 2.85. The number of benzene rings is 1. The van der Waals surface area contributed by atoms with Crippen molar-refractivity contribution in [1.82, 2.24) is 25.1 Å². The van der Waals surface area contributed by atoms with E-state index in [1.807, 2.05) is 24.5 Å². The van der Waals surface area contributed by atoms with Crippen molar-refractivity contribution in [2.45, 2.75) is 32.7 Å². The molecule has 0 saturated carbocycles. The summed E-state index contributed by atoms with van der Waals surface area (Å²) in [7, 11) is 0. The predicted octanol–water partition coefficient (Wildman–Crippen LogP) is 3.47. The Kier molecular flexibility index (Phi) is 4.99. The van der Waals surface area contributed by atoms with E-state index in [-0.39, 0.29) is 11.8 Å². The highest BCUT2D eigenvalue weighted by atomic mass is 79.9. The van der Waals surface area contributed by atoms with Crippen LogP contribution in [0.5, 0.6) is 0 Å². The number of rotatable bonds is 6. The molecule has 0 saturated heterocycles. The van der Waals surface area contributed by atoms with E-state index in [1.54, 1.807) is 0 Å². The summed E-state index contributed by atoms with van der Waals surface area (Å²) in [5.74, 6) is 0.114. The molecule has 126 valence electrons. The molecular formula is C17H20BrN5O. The Morgan fingerprint density at radius 1 is 1.38 bits per heavy atom. The van der Waals surface area contributed by atoms with Crippen LogP contribution >= 0.6 is 15.9 Å². The fourth-order valence-electron chi connectivity index (χ4n) is 2.60. The molecule has 1 aromatic carbocycles. The Labute approximate surface area is 148 Å². The number of nitrogens with zero attached hydrogens (tertiary/aromatic N) is 3. The first-order valence-electron chi connectivity index (χ1n) is 7.99. The molecule has 7 heteroatoms. The molecular weight excluding hydrogens is 370 g/mol. The number of carbonyl (C=O) groups is 1. The Bertz CT molecular complexity index is 852. The van der Waals surface area contributed by atoms with E-state index >= 15 is 0 Å². The first-order valence-corrected chi connectivity index (χ1v) is 8.79. The maximum Gasteiger partial charge on any atom is 0.272 e. The normalized spacial score (nSPS) is 11.3. The zero-order chi connectivity index (χ0) is 17.1. The van der Waals surface area contributed by atoms with Crippen LogP contribution in [0.2, 0.25) is 0 Å². The average molecular weight is 390 g/mol. The molecule has 2 heterocycles. The third-order valence-corrected chi connectivity index (χ3v) is 4.72. The highest BCUT2D eigenvalue weighted by molar-refractivity contribution is 9.10. The van der Waals surface area contributed by atoms with Crippen molar-refractivity contribution in [2.75, 3.05) is 6.54 Å². The van der Waals surface area contributed by atoms with Crippen LogP contribution in [-0.2, 0) is 6.54 Å². The molecule has 0 unspecified atom stereocenters. The van der Waals surface area contributed by atoms with Crippen LogP contribution in [0.15, 0.2) is 35.1 Å². The third-order valence-electron chi connectivity index (χ3n) is 3.91. The molecule has 0 atom stereocenters. The van der Waals surface area contributed by atoms with Crippen molar-refractivity contribution < 1.29 is 4.79 Å². The van der Waals surface area contributed by atoms with Crippen LogP contribution in [0.4, 0.5) is 0 Å². The molecule has 2 aromatic heterocycles. The number of imidazole rings is 1. The third kappa shape index (κ3) is 3.36. The van der Waals surface area contributed by atoms with Crippen LogP contribution in [0.3, 0.4) is 0 Å². The minimum atomic E-state index is -0.166. The fourth-order valence-corrected chi connectivity index (χ4v) is 3.41. The van der Waals surface area contributed by atoms with Gasteiger partial charge in [0.1, 0.15) is 0 Å². The van der Waals surface area contributed by atoms with E-state index in [4.69, 9.17) is 0 Å². The number of amides is 1. The molecule has 0 radical (unpaired) electrons. The monoisotopic (exact) mass is 389 g/mol. The molecule has 1 amide bonds. The van der Waals surface area contributed by atoms with Gasteiger partial charge in [0.25, 0.3) is 5.91 Å². The second kappa shape index (κ2) is 7.17. The number of fused-ring (bicyclic) bond motifs is 1. The van der Waals surface area contributed by atoms with Crippen LogP contribution in [0, 0.1) is 0 Å². The molecule has 24 heavy (non-hydrogen) atoms. The summed E-state index contributed by atoms with van der Waals surface area (Å²) in [4.78, 5) is 16.6. The van der Waals surface area contributed by atoms with Crippen molar-refractivity contribution in [3.05, 3.63) is 46.5 Å². The lowest BCUT2D eigenvalue weighted by Crippen LogP contribution is -2.26. The Morgan fingerprint density at radius 2 is 2.17 bits per heavy atom. The van der Waals surface area contributed by atoms with Gasteiger partial charge in [0.05, 0.1) is 27.5 Å².